The molecule has 0 atom stereocenters. The Kier molecular flexibility index (Phi) is 9.47. The summed E-state index contributed by atoms with van der Waals surface area (Å²) in [4.78, 5) is 30.7. The standard InChI is InChI=1S/C22H29N5O3.HI/c1-4-15(5-2)19-13-16(30-26-19)14-25-22(23-6-3)24-11-12-27-20(28)17-9-7-8-10-18(17)21(27)29;/h7-10,13,15H,4-6,11-12,14H2,1-3H3,(H2,23,24,25);1H. The van der Waals surface area contributed by atoms with Gasteiger partial charge in [-0.2, -0.15) is 0 Å². The molecule has 2 amide bonds. The van der Waals surface area contributed by atoms with Crippen LogP contribution in [0.15, 0.2) is 39.8 Å². The second-order valence-electron chi connectivity index (χ2n) is 7.16. The minimum absolute atomic E-state index is 0. The zero-order valence-corrected chi connectivity index (χ0v) is 20.5. The number of fused-ring (bicyclic) bond motifs is 1. The minimum atomic E-state index is -0.255. The van der Waals surface area contributed by atoms with E-state index in [1.807, 2.05) is 13.0 Å². The van der Waals surface area contributed by atoms with Gasteiger partial charge in [0.15, 0.2) is 11.7 Å². The van der Waals surface area contributed by atoms with Gasteiger partial charge in [-0.15, -0.1) is 24.0 Å². The molecule has 2 heterocycles. The first-order chi connectivity index (χ1) is 14.6. The highest BCUT2D eigenvalue weighted by molar-refractivity contribution is 14.0. The summed E-state index contributed by atoms with van der Waals surface area (Å²) < 4.78 is 5.42. The number of amides is 2. The lowest BCUT2D eigenvalue weighted by molar-refractivity contribution is 0.0657. The highest BCUT2D eigenvalue weighted by Gasteiger charge is 2.34. The fourth-order valence-corrected chi connectivity index (χ4v) is 3.53. The fraction of sp³-hybridized carbons (Fsp3) is 0.455. The van der Waals surface area contributed by atoms with Crippen LogP contribution in [0.5, 0.6) is 0 Å². The largest absolute Gasteiger partial charge is 0.359 e. The number of carbonyl (C=O) groups is 2. The van der Waals surface area contributed by atoms with Gasteiger partial charge in [0.1, 0.15) is 6.54 Å². The molecule has 0 saturated carbocycles. The summed E-state index contributed by atoms with van der Waals surface area (Å²) in [5.74, 6) is 1.19. The van der Waals surface area contributed by atoms with E-state index in [1.165, 1.54) is 4.90 Å². The maximum atomic E-state index is 12.4. The van der Waals surface area contributed by atoms with Crippen molar-refractivity contribution in [2.24, 2.45) is 4.99 Å². The van der Waals surface area contributed by atoms with Crippen molar-refractivity contribution in [2.45, 2.75) is 46.1 Å². The monoisotopic (exact) mass is 539 g/mol. The number of nitrogens with one attached hydrogen (secondary N) is 2. The van der Waals surface area contributed by atoms with Crippen LogP contribution in [-0.2, 0) is 6.54 Å². The van der Waals surface area contributed by atoms with Crippen LogP contribution in [0.25, 0.3) is 0 Å². The number of halogens is 1. The third-order valence-electron chi connectivity index (χ3n) is 5.22. The Bertz CT molecular complexity index is 888. The maximum Gasteiger partial charge on any atom is 0.261 e. The number of imide groups is 1. The molecule has 1 aliphatic heterocycles. The lowest BCUT2D eigenvalue weighted by atomic mass is 9.99. The molecule has 31 heavy (non-hydrogen) atoms. The Hall–Kier alpha value is -2.43. The molecule has 0 fully saturated rings. The molecule has 3 rings (SSSR count). The normalized spacial score (nSPS) is 13.4. The SMILES string of the molecule is CCNC(=NCc1cc(C(CC)CC)no1)NCCN1C(=O)c2ccccc2C1=O.I. The zero-order chi connectivity index (χ0) is 21.5. The van der Waals surface area contributed by atoms with Crippen molar-refractivity contribution in [1.29, 1.82) is 0 Å². The molecular weight excluding hydrogens is 509 g/mol. The van der Waals surface area contributed by atoms with E-state index < -0.39 is 0 Å². The summed E-state index contributed by atoms with van der Waals surface area (Å²) in [7, 11) is 0. The van der Waals surface area contributed by atoms with Crippen LogP contribution < -0.4 is 10.6 Å². The minimum Gasteiger partial charge on any atom is -0.359 e. The van der Waals surface area contributed by atoms with Gasteiger partial charge in [-0.1, -0.05) is 31.1 Å². The van der Waals surface area contributed by atoms with E-state index in [4.69, 9.17) is 4.52 Å². The molecule has 1 aromatic heterocycles. The number of benzene rings is 1. The molecule has 1 aromatic carbocycles. The van der Waals surface area contributed by atoms with Crippen molar-refractivity contribution < 1.29 is 14.1 Å². The van der Waals surface area contributed by atoms with Gasteiger partial charge in [-0.3, -0.25) is 14.5 Å². The maximum absolute atomic E-state index is 12.4. The summed E-state index contributed by atoms with van der Waals surface area (Å²) in [5.41, 5.74) is 1.89. The molecular formula is C22H30IN5O3. The molecule has 0 spiro atoms. The predicted octanol–water partition coefficient (Wildman–Crippen LogP) is 3.55. The summed E-state index contributed by atoms with van der Waals surface area (Å²) in [6.07, 6.45) is 2.04. The van der Waals surface area contributed by atoms with E-state index in [1.54, 1.807) is 24.3 Å². The number of nitrogens with zero attached hydrogens (tertiary/aromatic N) is 3. The van der Waals surface area contributed by atoms with Crippen molar-refractivity contribution in [3.05, 3.63) is 52.9 Å². The molecule has 0 radical (unpaired) electrons. The van der Waals surface area contributed by atoms with Crippen LogP contribution in [0.4, 0.5) is 0 Å². The quantitative estimate of drug-likeness (QED) is 0.219. The van der Waals surface area contributed by atoms with Crippen LogP contribution in [0.2, 0.25) is 0 Å². The van der Waals surface area contributed by atoms with Gasteiger partial charge < -0.3 is 15.2 Å². The molecule has 2 aromatic rings. The molecule has 8 nitrogen and oxygen atoms in total. The second kappa shape index (κ2) is 11.8. The van der Waals surface area contributed by atoms with E-state index >= 15 is 0 Å². The first kappa shape index (κ1) is 24.8. The Labute approximate surface area is 199 Å². The summed E-state index contributed by atoms with van der Waals surface area (Å²) >= 11 is 0. The zero-order valence-electron chi connectivity index (χ0n) is 18.2. The van der Waals surface area contributed by atoms with Gasteiger partial charge in [-0.05, 0) is 31.9 Å². The average molecular weight is 539 g/mol. The first-order valence-electron chi connectivity index (χ1n) is 10.5. The van der Waals surface area contributed by atoms with Crippen molar-refractivity contribution in [1.82, 2.24) is 20.7 Å². The Morgan fingerprint density at radius 1 is 1.10 bits per heavy atom. The van der Waals surface area contributed by atoms with Gasteiger partial charge in [0.05, 0.1) is 16.8 Å². The van der Waals surface area contributed by atoms with Crippen LogP contribution >= 0.6 is 24.0 Å². The molecule has 9 heteroatoms. The topological polar surface area (TPSA) is 99.8 Å². The van der Waals surface area contributed by atoms with E-state index in [0.717, 1.165) is 18.5 Å². The fourth-order valence-electron chi connectivity index (χ4n) is 3.53. The lowest BCUT2D eigenvalue weighted by Gasteiger charge is -2.16. The van der Waals surface area contributed by atoms with Crippen molar-refractivity contribution in [3.8, 4) is 0 Å². The van der Waals surface area contributed by atoms with Gasteiger partial charge in [0, 0.05) is 31.6 Å². The molecule has 0 bridgehead atoms. The van der Waals surface area contributed by atoms with Crippen molar-refractivity contribution >= 4 is 41.8 Å². The molecule has 0 saturated heterocycles. The van der Waals surface area contributed by atoms with Gasteiger partial charge in [0.2, 0.25) is 0 Å². The molecule has 1 aliphatic rings. The van der Waals surface area contributed by atoms with Crippen molar-refractivity contribution in [2.75, 3.05) is 19.6 Å². The van der Waals surface area contributed by atoms with E-state index in [2.05, 4.69) is 34.6 Å². The number of aromatic nitrogens is 1. The van der Waals surface area contributed by atoms with E-state index in [9.17, 15) is 9.59 Å². The predicted molar refractivity (Wildman–Crippen MR) is 130 cm³/mol. The highest BCUT2D eigenvalue weighted by atomic mass is 127. The van der Waals surface area contributed by atoms with Crippen LogP contribution in [0.3, 0.4) is 0 Å². The van der Waals surface area contributed by atoms with Gasteiger partial charge in [0.25, 0.3) is 11.8 Å². The molecule has 2 N–H and O–H groups in total. The van der Waals surface area contributed by atoms with E-state index in [-0.39, 0.29) is 42.3 Å². The number of carbonyl (C=O) groups excluding carboxylic acids is 2. The Morgan fingerprint density at radius 3 is 2.32 bits per heavy atom. The van der Waals surface area contributed by atoms with Gasteiger partial charge in [-0.25, -0.2) is 4.99 Å². The number of aliphatic imine (C=N–C) groups is 1. The number of hydrogen-bond donors (Lipinski definition) is 2. The Balaban J connectivity index is 0.00000341. The number of guanidine groups is 1. The van der Waals surface area contributed by atoms with Crippen molar-refractivity contribution in [3.63, 3.8) is 0 Å². The highest BCUT2D eigenvalue weighted by Crippen LogP contribution is 2.23. The number of rotatable bonds is 9. The molecule has 168 valence electrons. The second-order valence-corrected chi connectivity index (χ2v) is 7.16. The van der Waals surface area contributed by atoms with E-state index in [0.29, 0.717) is 48.4 Å². The Morgan fingerprint density at radius 2 is 1.74 bits per heavy atom. The van der Waals surface area contributed by atoms with Crippen LogP contribution in [0.1, 0.15) is 71.7 Å². The lowest BCUT2D eigenvalue weighted by Crippen LogP contribution is -2.43. The number of hydrogen-bond acceptors (Lipinski definition) is 5. The smallest absolute Gasteiger partial charge is 0.261 e. The van der Waals surface area contributed by atoms with Gasteiger partial charge >= 0.3 is 0 Å². The summed E-state index contributed by atoms with van der Waals surface area (Å²) in [6.45, 7) is 7.96. The average Bonchev–Trinajstić information content (AvgIpc) is 3.32. The van der Waals surface area contributed by atoms with Crippen LogP contribution in [-0.4, -0.2) is 47.5 Å². The molecule has 0 unspecified atom stereocenters. The first-order valence-corrected chi connectivity index (χ1v) is 10.5. The summed E-state index contributed by atoms with van der Waals surface area (Å²) in [6, 6.07) is 8.85. The third kappa shape index (κ3) is 5.84. The van der Waals surface area contributed by atoms with Crippen LogP contribution in [0, 0.1) is 0 Å². The summed E-state index contributed by atoms with van der Waals surface area (Å²) in [5, 5.41) is 10.5. The third-order valence-corrected chi connectivity index (χ3v) is 5.22. The molecule has 0 aliphatic carbocycles.